The molecule has 3 heterocycles. The highest BCUT2D eigenvalue weighted by atomic mass is 16.5. The highest BCUT2D eigenvalue weighted by Crippen LogP contribution is 2.24. The van der Waals surface area contributed by atoms with E-state index in [4.69, 9.17) is 4.52 Å². The second-order valence-corrected chi connectivity index (χ2v) is 5.88. The van der Waals surface area contributed by atoms with E-state index < -0.39 is 0 Å². The minimum Gasteiger partial charge on any atom is -0.392 e. The van der Waals surface area contributed by atoms with Crippen LogP contribution in [0, 0.1) is 0 Å². The Morgan fingerprint density at radius 3 is 2.71 bits per heavy atom. The lowest BCUT2D eigenvalue weighted by Gasteiger charge is -2.15. The lowest BCUT2D eigenvalue weighted by atomic mass is 10.1. The van der Waals surface area contributed by atoms with E-state index in [0.717, 1.165) is 35.6 Å². The third-order valence-electron chi connectivity index (χ3n) is 4.22. The maximum Gasteiger partial charge on any atom is 0.259 e. The van der Waals surface area contributed by atoms with E-state index in [0.29, 0.717) is 11.7 Å². The number of anilines is 1. The molecule has 4 rings (SSSR count). The fourth-order valence-corrected chi connectivity index (χ4v) is 2.91. The molecule has 0 amide bonds. The van der Waals surface area contributed by atoms with E-state index >= 15 is 0 Å². The average molecular weight is 322 g/mol. The van der Waals surface area contributed by atoms with Gasteiger partial charge >= 0.3 is 0 Å². The molecule has 3 aromatic rings. The first-order valence-corrected chi connectivity index (χ1v) is 8.09. The summed E-state index contributed by atoms with van der Waals surface area (Å²) in [6.45, 7) is 2.12. The Morgan fingerprint density at radius 1 is 1.08 bits per heavy atom. The minimum absolute atomic E-state index is 0.0135. The standard InChI is InChI=1S/C18H18N4O2/c23-12-13-4-3-5-14(10-13)17-20-18(24-21-17)15-6-7-16(19-11-15)22-8-1-2-9-22/h3-7,10-11,23H,1-2,8-9,12H2. The van der Waals surface area contributed by atoms with Gasteiger partial charge in [-0.25, -0.2) is 4.98 Å². The maximum atomic E-state index is 9.23. The maximum absolute atomic E-state index is 9.23. The summed E-state index contributed by atoms with van der Waals surface area (Å²) in [6, 6.07) is 11.4. The number of benzene rings is 1. The molecule has 2 aromatic heterocycles. The Labute approximate surface area is 139 Å². The van der Waals surface area contributed by atoms with Crippen molar-refractivity contribution in [2.24, 2.45) is 0 Å². The molecule has 1 saturated heterocycles. The molecule has 0 atom stereocenters. The molecule has 1 aliphatic heterocycles. The molecule has 1 aliphatic rings. The van der Waals surface area contributed by atoms with E-state index in [1.54, 1.807) is 6.20 Å². The molecule has 0 aliphatic carbocycles. The smallest absolute Gasteiger partial charge is 0.259 e. The van der Waals surface area contributed by atoms with Crippen LogP contribution in [0.3, 0.4) is 0 Å². The van der Waals surface area contributed by atoms with Crippen LogP contribution in [-0.4, -0.2) is 33.3 Å². The Kier molecular flexibility index (Phi) is 3.96. The fourth-order valence-electron chi connectivity index (χ4n) is 2.91. The monoisotopic (exact) mass is 322 g/mol. The van der Waals surface area contributed by atoms with E-state index in [9.17, 15) is 5.11 Å². The molecule has 0 unspecified atom stereocenters. The fraction of sp³-hybridized carbons (Fsp3) is 0.278. The summed E-state index contributed by atoms with van der Waals surface area (Å²) >= 11 is 0. The molecule has 0 bridgehead atoms. The summed E-state index contributed by atoms with van der Waals surface area (Å²) < 4.78 is 5.37. The quantitative estimate of drug-likeness (QED) is 0.796. The Bertz CT molecular complexity index is 823. The van der Waals surface area contributed by atoms with Gasteiger partial charge in [-0.2, -0.15) is 4.98 Å². The first kappa shape index (κ1) is 14.8. The van der Waals surface area contributed by atoms with Crippen molar-refractivity contribution < 1.29 is 9.63 Å². The van der Waals surface area contributed by atoms with Gasteiger partial charge in [0, 0.05) is 24.8 Å². The van der Waals surface area contributed by atoms with Crippen LogP contribution in [-0.2, 0) is 6.61 Å². The van der Waals surface area contributed by atoms with Crippen molar-refractivity contribution in [3.63, 3.8) is 0 Å². The third kappa shape index (κ3) is 2.88. The molecule has 1 aromatic carbocycles. The van der Waals surface area contributed by atoms with Crippen molar-refractivity contribution in [1.82, 2.24) is 15.1 Å². The van der Waals surface area contributed by atoms with Crippen molar-refractivity contribution in [3.8, 4) is 22.8 Å². The lowest BCUT2D eigenvalue weighted by Crippen LogP contribution is -2.18. The summed E-state index contributed by atoms with van der Waals surface area (Å²) in [5, 5.41) is 13.3. The van der Waals surface area contributed by atoms with Gasteiger partial charge in [0.15, 0.2) is 0 Å². The van der Waals surface area contributed by atoms with Crippen molar-refractivity contribution in [1.29, 1.82) is 0 Å². The van der Waals surface area contributed by atoms with E-state index in [1.165, 1.54) is 12.8 Å². The second-order valence-electron chi connectivity index (χ2n) is 5.88. The molecule has 6 heteroatoms. The van der Waals surface area contributed by atoms with Gasteiger partial charge in [0.25, 0.3) is 5.89 Å². The number of aromatic nitrogens is 3. The first-order chi connectivity index (χ1) is 11.8. The number of hydrogen-bond donors (Lipinski definition) is 1. The largest absolute Gasteiger partial charge is 0.392 e. The molecule has 0 saturated carbocycles. The van der Waals surface area contributed by atoms with Crippen LogP contribution in [0.2, 0.25) is 0 Å². The molecule has 6 nitrogen and oxygen atoms in total. The predicted octanol–water partition coefficient (Wildman–Crippen LogP) is 2.89. The summed E-state index contributed by atoms with van der Waals surface area (Å²) in [5.41, 5.74) is 2.43. The number of pyridine rings is 1. The molecular formula is C18H18N4O2. The van der Waals surface area contributed by atoms with Crippen molar-refractivity contribution in [2.45, 2.75) is 19.4 Å². The number of aliphatic hydroxyl groups is 1. The van der Waals surface area contributed by atoms with Crippen molar-refractivity contribution in [2.75, 3.05) is 18.0 Å². The second kappa shape index (κ2) is 6.41. The van der Waals surface area contributed by atoms with Crippen LogP contribution in [0.1, 0.15) is 18.4 Å². The third-order valence-corrected chi connectivity index (χ3v) is 4.22. The Balaban J connectivity index is 1.57. The summed E-state index contributed by atoms with van der Waals surface area (Å²) in [7, 11) is 0. The van der Waals surface area contributed by atoms with Gasteiger partial charge in [-0.05, 0) is 36.6 Å². The minimum atomic E-state index is -0.0135. The molecule has 24 heavy (non-hydrogen) atoms. The zero-order valence-corrected chi connectivity index (χ0v) is 13.2. The molecule has 1 N–H and O–H groups in total. The van der Waals surface area contributed by atoms with Crippen LogP contribution >= 0.6 is 0 Å². The van der Waals surface area contributed by atoms with Crippen LogP contribution < -0.4 is 4.90 Å². The van der Waals surface area contributed by atoms with E-state index in [2.05, 4.69) is 20.0 Å². The lowest BCUT2D eigenvalue weighted by molar-refractivity contribution is 0.282. The van der Waals surface area contributed by atoms with Gasteiger partial charge in [-0.1, -0.05) is 23.4 Å². The topological polar surface area (TPSA) is 75.3 Å². The van der Waals surface area contributed by atoms with Crippen LogP contribution in [0.5, 0.6) is 0 Å². The number of rotatable bonds is 4. The Morgan fingerprint density at radius 2 is 1.96 bits per heavy atom. The number of hydrogen-bond acceptors (Lipinski definition) is 6. The van der Waals surface area contributed by atoms with Crippen LogP contribution in [0.4, 0.5) is 5.82 Å². The van der Waals surface area contributed by atoms with Crippen LogP contribution in [0.25, 0.3) is 22.8 Å². The highest BCUT2D eigenvalue weighted by Gasteiger charge is 2.15. The van der Waals surface area contributed by atoms with Gasteiger partial charge in [-0.3, -0.25) is 0 Å². The van der Waals surface area contributed by atoms with Crippen molar-refractivity contribution in [3.05, 3.63) is 48.2 Å². The van der Waals surface area contributed by atoms with E-state index in [-0.39, 0.29) is 6.61 Å². The summed E-state index contributed by atoms with van der Waals surface area (Å²) in [5.74, 6) is 1.94. The molecule has 1 fully saturated rings. The number of aliphatic hydroxyl groups excluding tert-OH is 1. The molecular weight excluding hydrogens is 304 g/mol. The van der Waals surface area contributed by atoms with Gasteiger partial charge in [0.05, 0.1) is 12.2 Å². The summed E-state index contributed by atoms with van der Waals surface area (Å²) in [6.07, 6.45) is 4.22. The molecule has 0 radical (unpaired) electrons. The SMILES string of the molecule is OCc1cccc(-c2noc(-c3ccc(N4CCCC4)nc3)n2)c1. The normalized spacial score (nSPS) is 14.3. The average Bonchev–Trinajstić information content (AvgIpc) is 3.34. The van der Waals surface area contributed by atoms with Crippen molar-refractivity contribution >= 4 is 5.82 Å². The van der Waals surface area contributed by atoms with Gasteiger partial charge in [-0.15, -0.1) is 0 Å². The zero-order valence-electron chi connectivity index (χ0n) is 13.2. The zero-order chi connectivity index (χ0) is 16.4. The summed E-state index contributed by atoms with van der Waals surface area (Å²) in [4.78, 5) is 11.2. The number of nitrogens with zero attached hydrogens (tertiary/aromatic N) is 4. The van der Waals surface area contributed by atoms with E-state index in [1.807, 2.05) is 36.4 Å². The Hall–Kier alpha value is -2.73. The highest BCUT2D eigenvalue weighted by molar-refractivity contribution is 5.60. The van der Waals surface area contributed by atoms with Gasteiger partial charge in [0.1, 0.15) is 5.82 Å². The predicted molar refractivity (Wildman–Crippen MR) is 90.3 cm³/mol. The van der Waals surface area contributed by atoms with Gasteiger partial charge in [0.2, 0.25) is 5.82 Å². The molecule has 122 valence electrons. The van der Waals surface area contributed by atoms with Crippen LogP contribution in [0.15, 0.2) is 47.1 Å². The first-order valence-electron chi connectivity index (χ1n) is 8.09. The van der Waals surface area contributed by atoms with Gasteiger partial charge < -0.3 is 14.5 Å². The molecule has 0 spiro atoms.